The number of carbonyl (C=O) groups is 2. The Morgan fingerprint density at radius 3 is 3.04 bits per heavy atom. The zero-order chi connectivity index (χ0) is 16.7. The summed E-state index contributed by atoms with van der Waals surface area (Å²) in [6.07, 6.45) is 2.96. The van der Waals surface area contributed by atoms with Crippen LogP contribution in [0.3, 0.4) is 0 Å². The van der Waals surface area contributed by atoms with Crippen molar-refractivity contribution in [3.05, 3.63) is 34.0 Å². The van der Waals surface area contributed by atoms with Gasteiger partial charge < -0.3 is 9.80 Å². The number of nitrogens with one attached hydrogen (secondary N) is 1. The van der Waals surface area contributed by atoms with Gasteiger partial charge in [0.25, 0.3) is 5.91 Å². The first kappa shape index (κ1) is 15.3. The minimum Gasteiger partial charge on any atom is -0.337 e. The van der Waals surface area contributed by atoms with Crippen molar-refractivity contribution in [2.75, 3.05) is 19.6 Å². The molecule has 2 saturated heterocycles. The summed E-state index contributed by atoms with van der Waals surface area (Å²) in [7, 11) is 0. The van der Waals surface area contributed by atoms with E-state index in [1.807, 2.05) is 22.1 Å². The Hall–Kier alpha value is -2.22. The molecule has 2 aliphatic heterocycles. The summed E-state index contributed by atoms with van der Waals surface area (Å²) in [5, 5.41) is 9.58. The van der Waals surface area contributed by atoms with Gasteiger partial charge in [0.15, 0.2) is 0 Å². The number of hydrogen-bond acceptors (Lipinski definition) is 5. The second-order valence-electron chi connectivity index (χ2n) is 6.73. The van der Waals surface area contributed by atoms with Crippen molar-refractivity contribution >= 4 is 23.2 Å². The van der Waals surface area contributed by atoms with E-state index >= 15 is 0 Å². The van der Waals surface area contributed by atoms with Crippen molar-refractivity contribution < 1.29 is 9.59 Å². The number of hydrogen-bond donors (Lipinski definition) is 1. The summed E-state index contributed by atoms with van der Waals surface area (Å²) in [6, 6.07) is 1.68. The van der Waals surface area contributed by atoms with E-state index in [-0.39, 0.29) is 17.2 Å². The first-order valence-corrected chi connectivity index (χ1v) is 8.90. The number of aromatic amines is 1. The molecule has 1 atom stereocenters. The SMILES string of the molecule is Cc1nc(CN2C[C@]3(CCN(C(=O)c4ccn[nH]4)C3)CC2=O)cs1. The molecule has 2 aromatic rings. The monoisotopic (exact) mass is 345 g/mol. The number of aromatic nitrogens is 3. The first-order chi connectivity index (χ1) is 11.5. The average molecular weight is 345 g/mol. The maximum Gasteiger partial charge on any atom is 0.271 e. The quantitative estimate of drug-likeness (QED) is 0.912. The third-order valence-corrected chi connectivity index (χ3v) is 5.70. The molecular weight excluding hydrogens is 326 g/mol. The van der Waals surface area contributed by atoms with Crippen LogP contribution in [0.4, 0.5) is 0 Å². The largest absolute Gasteiger partial charge is 0.337 e. The Bertz CT molecular complexity index is 771. The van der Waals surface area contributed by atoms with Gasteiger partial charge in [-0.05, 0) is 19.4 Å². The Morgan fingerprint density at radius 1 is 1.46 bits per heavy atom. The third kappa shape index (κ3) is 2.71. The Morgan fingerprint density at radius 2 is 2.33 bits per heavy atom. The van der Waals surface area contributed by atoms with Crippen LogP contribution < -0.4 is 0 Å². The maximum absolute atomic E-state index is 12.5. The number of H-pyrrole nitrogens is 1. The summed E-state index contributed by atoms with van der Waals surface area (Å²) < 4.78 is 0. The zero-order valence-electron chi connectivity index (χ0n) is 13.5. The van der Waals surface area contributed by atoms with Gasteiger partial charge in [-0.15, -0.1) is 11.3 Å². The molecule has 0 unspecified atom stereocenters. The molecule has 2 fully saturated rings. The number of thiazole rings is 1. The molecule has 2 aliphatic rings. The van der Waals surface area contributed by atoms with Crippen LogP contribution in [-0.2, 0) is 11.3 Å². The molecule has 1 spiro atoms. The lowest BCUT2D eigenvalue weighted by Gasteiger charge is -2.23. The van der Waals surface area contributed by atoms with Gasteiger partial charge in [-0.2, -0.15) is 5.10 Å². The Balaban J connectivity index is 1.43. The number of rotatable bonds is 3. The Kier molecular flexibility index (Phi) is 3.64. The minimum absolute atomic E-state index is 0.0367. The molecule has 126 valence electrons. The van der Waals surface area contributed by atoms with Gasteiger partial charge in [0, 0.05) is 43.0 Å². The topological polar surface area (TPSA) is 82.2 Å². The molecule has 24 heavy (non-hydrogen) atoms. The molecule has 0 radical (unpaired) electrons. The van der Waals surface area contributed by atoms with E-state index in [0.29, 0.717) is 38.3 Å². The molecule has 0 saturated carbocycles. The highest BCUT2D eigenvalue weighted by Crippen LogP contribution is 2.41. The standard InChI is InChI=1S/C16H19N5O2S/c1-11-18-12(8-24-11)7-21-10-16(6-14(21)22)3-5-20(9-16)15(23)13-2-4-17-19-13/h2,4,8H,3,5-7,9-10H2,1H3,(H,17,19)/t16-/m1/s1. The van der Waals surface area contributed by atoms with Crippen LogP contribution in [0.1, 0.15) is 34.0 Å². The molecule has 0 bridgehead atoms. The van der Waals surface area contributed by atoms with Gasteiger partial charge in [-0.1, -0.05) is 0 Å². The fourth-order valence-electron chi connectivity index (χ4n) is 3.73. The Labute approximate surface area is 143 Å². The van der Waals surface area contributed by atoms with Crippen LogP contribution in [0.15, 0.2) is 17.6 Å². The summed E-state index contributed by atoms with van der Waals surface area (Å²) in [6.45, 7) is 4.56. The second kappa shape index (κ2) is 5.70. The number of nitrogens with zero attached hydrogens (tertiary/aromatic N) is 4. The van der Waals surface area contributed by atoms with Crippen molar-refractivity contribution in [3.63, 3.8) is 0 Å². The van der Waals surface area contributed by atoms with E-state index in [1.165, 1.54) is 0 Å². The lowest BCUT2D eigenvalue weighted by atomic mass is 9.86. The van der Waals surface area contributed by atoms with Crippen molar-refractivity contribution in [1.29, 1.82) is 0 Å². The van der Waals surface area contributed by atoms with Crippen LogP contribution in [0, 0.1) is 12.3 Å². The highest BCUT2D eigenvalue weighted by atomic mass is 32.1. The van der Waals surface area contributed by atoms with Crippen LogP contribution in [0.25, 0.3) is 0 Å². The van der Waals surface area contributed by atoms with Crippen molar-refractivity contribution in [2.45, 2.75) is 26.3 Å². The van der Waals surface area contributed by atoms with E-state index in [1.54, 1.807) is 23.6 Å². The minimum atomic E-state index is -0.113. The van der Waals surface area contributed by atoms with Gasteiger partial charge >= 0.3 is 0 Å². The molecule has 8 heteroatoms. The van der Waals surface area contributed by atoms with E-state index in [9.17, 15) is 9.59 Å². The van der Waals surface area contributed by atoms with Gasteiger partial charge in [0.2, 0.25) is 5.91 Å². The molecule has 0 aromatic carbocycles. The summed E-state index contributed by atoms with van der Waals surface area (Å²) in [5.74, 6) is 0.127. The molecule has 7 nitrogen and oxygen atoms in total. The average Bonchev–Trinajstić information content (AvgIpc) is 3.30. The van der Waals surface area contributed by atoms with Crippen LogP contribution in [-0.4, -0.2) is 56.4 Å². The molecule has 4 rings (SSSR count). The predicted octanol–water partition coefficient (Wildman–Crippen LogP) is 1.44. The van der Waals surface area contributed by atoms with Gasteiger partial charge in [0.1, 0.15) is 5.69 Å². The van der Waals surface area contributed by atoms with Gasteiger partial charge in [-0.25, -0.2) is 4.98 Å². The summed E-state index contributed by atoms with van der Waals surface area (Å²) >= 11 is 1.60. The molecule has 2 aromatic heterocycles. The predicted molar refractivity (Wildman–Crippen MR) is 88.4 cm³/mol. The number of amides is 2. The fraction of sp³-hybridized carbons (Fsp3) is 0.500. The number of carbonyl (C=O) groups excluding carboxylic acids is 2. The maximum atomic E-state index is 12.5. The van der Waals surface area contributed by atoms with Crippen LogP contribution in [0.2, 0.25) is 0 Å². The normalized spacial score (nSPS) is 23.6. The molecule has 0 aliphatic carbocycles. The van der Waals surface area contributed by atoms with E-state index < -0.39 is 0 Å². The first-order valence-electron chi connectivity index (χ1n) is 8.02. The number of likely N-dealkylation sites (tertiary alicyclic amines) is 2. The van der Waals surface area contributed by atoms with Crippen molar-refractivity contribution in [1.82, 2.24) is 25.0 Å². The third-order valence-electron chi connectivity index (χ3n) is 4.88. The number of aryl methyl sites for hydroxylation is 1. The molecule has 4 heterocycles. The van der Waals surface area contributed by atoms with Crippen molar-refractivity contribution in [3.8, 4) is 0 Å². The molecule has 1 N–H and O–H groups in total. The summed E-state index contributed by atoms with van der Waals surface area (Å²) in [4.78, 5) is 33.1. The smallest absolute Gasteiger partial charge is 0.271 e. The summed E-state index contributed by atoms with van der Waals surface area (Å²) in [5.41, 5.74) is 1.34. The van der Waals surface area contributed by atoms with Gasteiger partial charge in [-0.3, -0.25) is 14.7 Å². The molecular formula is C16H19N5O2S. The van der Waals surface area contributed by atoms with Gasteiger partial charge in [0.05, 0.1) is 17.2 Å². The van der Waals surface area contributed by atoms with Crippen molar-refractivity contribution in [2.24, 2.45) is 5.41 Å². The fourth-order valence-corrected chi connectivity index (χ4v) is 4.33. The van der Waals surface area contributed by atoms with E-state index in [2.05, 4.69) is 15.2 Å². The second-order valence-corrected chi connectivity index (χ2v) is 7.79. The zero-order valence-corrected chi connectivity index (χ0v) is 14.3. The van der Waals surface area contributed by atoms with E-state index in [4.69, 9.17) is 0 Å². The molecule has 2 amide bonds. The lowest BCUT2D eigenvalue weighted by molar-refractivity contribution is -0.128. The highest BCUT2D eigenvalue weighted by Gasteiger charge is 2.48. The lowest BCUT2D eigenvalue weighted by Crippen LogP contribution is -2.34. The van der Waals surface area contributed by atoms with E-state index in [0.717, 1.165) is 17.1 Å². The van der Waals surface area contributed by atoms with Crippen LogP contribution >= 0.6 is 11.3 Å². The van der Waals surface area contributed by atoms with Crippen LogP contribution in [0.5, 0.6) is 0 Å². The highest BCUT2D eigenvalue weighted by molar-refractivity contribution is 7.09.